The molecule has 1 aliphatic rings. The van der Waals surface area contributed by atoms with E-state index < -0.39 is 0 Å². The standard InChI is InChI=1S/C13H21.2ClH.Zr/c1-4-11-13(5-2,6-3)12-9-7-8-10-12;;;/h7,9H,4-6,8,11H2,1-3H3;2*1H;. The van der Waals surface area contributed by atoms with Gasteiger partial charge in [-0.15, -0.1) is 24.8 Å². The van der Waals surface area contributed by atoms with Crippen molar-refractivity contribution in [1.29, 1.82) is 0 Å². The van der Waals surface area contributed by atoms with Crippen LogP contribution in [0, 0.1) is 5.41 Å². The van der Waals surface area contributed by atoms with Gasteiger partial charge in [-0.05, 0) is 0 Å². The molecule has 0 aromatic rings. The van der Waals surface area contributed by atoms with Crippen molar-refractivity contribution in [3.63, 3.8) is 0 Å². The zero-order valence-corrected chi connectivity index (χ0v) is 14.6. The fraction of sp³-hybridized carbons (Fsp3) is 0.692. The maximum atomic E-state index is 2.40. The van der Waals surface area contributed by atoms with Crippen molar-refractivity contribution in [3.05, 3.63) is 21.0 Å². The molecule has 0 N–H and O–H groups in total. The predicted molar refractivity (Wildman–Crippen MR) is 73.2 cm³/mol. The van der Waals surface area contributed by atoms with Gasteiger partial charge in [0, 0.05) is 0 Å². The first-order valence-corrected chi connectivity index (χ1v) is 7.04. The zero-order valence-electron chi connectivity index (χ0n) is 10.5. The molecule has 0 unspecified atom stereocenters. The summed E-state index contributed by atoms with van der Waals surface area (Å²) in [4.78, 5) is 0. The molecule has 0 heterocycles. The van der Waals surface area contributed by atoms with E-state index in [9.17, 15) is 0 Å². The van der Waals surface area contributed by atoms with E-state index in [0.717, 1.165) is 0 Å². The van der Waals surface area contributed by atoms with E-state index in [2.05, 4.69) is 32.9 Å². The van der Waals surface area contributed by atoms with Crippen LogP contribution in [0.2, 0.25) is 0 Å². The third kappa shape index (κ3) is 4.00. The summed E-state index contributed by atoms with van der Waals surface area (Å²) in [5.74, 6) is 0. The van der Waals surface area contributed by atoms with Crippen LogP contribution in [0.5, 0.6) is 0 Å². The molecular formula is C13H23Cl2Zr. The molecule has 0 bridgehead atoms. The number of hydrogen-bond donors (Lipinski definition) is 0. The van der Waals surface area contributed by atoms with E-state index in [0.29, 0.717) is 5.41 Å². The van der Waals surface area contributed by atoms with E-state index in [1.165, 1.54) is 32.1 Å². The monoisotopic (exact) mass is 339 g/mol. The summed E-state index contributed by atoms with van der Waals surface area (Å²) in [6, 6.07) is 0. The third-order valence-electron chi connectivity index (χ3n) is 3.59. The minimum absolute atomic E-state index is 0. The van der Waals surface area contributed by atoms with Crippen molar-refractivity contribution in [3.8, 4) is 0 Å². The normalized spacial score (nSPS) is 14.6. The van der Waals surface area contributed by atoms with E-state index in [-0.39, 0.29) is 24.8 Å². The van der Waals surface area contributed by atoms with Crippen LogP contribution < -0.4 is 0 Å². The molecule has 0 saturated heterocycles. The summed E-state index contributed by atoms with van der Waals surface area (Å²) >= 11 is 1.62. The molecule has 0 fully saturated rings. The van der Waals surface area contributed by atoms with Gasteiger partial charge in [0.25, 0.3) is 0 Å². The molecule has 0 spiro atoms. The van der Waals surface area contributed by atoms with Gasteiger partial charge in [-0.3, -0.25) is 0 Å². The molecule has 1 aliphatic carbocycles. The van der Waals surface area contributed by atoms with Gasteiger partial charge < -0.3 is 0 Å². The van der Waals surface area contributed by atoms with Crippen LogP contribution in [0.25, 0.3) is 0 Å². The summed E-state index contributed by atoms with van der Waals surface area (Å²) in [7, 11) is 0. The van der Waals surface area contributed by atoms with Crippen LogP contribution in [-0.2, 0) is 24.7 Å². The Kier molecular flexibility index (Phi) is 10.8. The molecule has 3 heteroatoms. The van der Waals surface area contributed by atoms with Gasteiger partial charge in [0.15, 0.2) is 0 Å². The molecule has 0 radical (unpaired) electrons. The van der Waals surface area contributed by atoms with Gasteiger partial charge in [-0.25, -0.2) is 0 Å². The van der Waals surface area contributed by atoms with Crippen LogP contribution in [-0.4, -0.2) is 0 Å². The summed E-state index contributed by atoms with van der Waals surface area (Å²) in [5, 5.41) is 0. The Labute approximate surface area is 128 Å². The number of rotatable bonds is 5. The topological polar surface area (TPSA) is 0 Å². The van der Waals surface area contributed by atoms with Crippen LogP contribution in [0.4, 0.5) is 0 Å². The SMILES string of the molecule is CCCC(CC)(CC)C1=[C]([Zr])CC=C1.Cl.Cl. The Morgan fingerprint density at radius 1 is 1.19 bits per heavy atom. The van der Waals surface area contributed by atoms with Gasteiger partial charge in [-0.2, -0.15) is 0 Å². The van der Waals surface area contributed by atoms with E-state index in [1.54, 1.807) is 33.6 Å². The van der Waals surface area contributed by atoms with Crippen LogP contribution in [0.1, 0.15) is 52.9 Å². The third-order valence-corrected chi connectivity index (χ3v) is 4.75. The van der Waals surface area contributed by atoms with Crippen molar-refractivity contribution in [1.82, 2.24) is 0 Å². The Morgan fingerprint density at radius 2 is 1.75 bits per heavy atom. The second-order valence-electron chi connectivity index (χ2n) is 4.24. The van der Waals surface area contributed by atoms with Gasteiger partial charge in [0.05, 0.1) is 0 Å². The van der Waals surface area contributed by atoms with Gasteiger partial charge >= 0.3 is 104 Å². The molecule has 0 atom stereocenters. The van der Waals surface area contributed by atoms with E-state index in [4.69, 9.17) is 0 Å². The Morgan fingerprint density at radius 3 is 2.06 bits per heavy atom. The maximum Gasteiger partial charge on any atom is -0.147 e. The first-order valence-electron chi connectivity index (χ1n) is 5.82. The van der Waals surface area contributed by atoms with Crippen molar-refractivity contribution in [2.75, 3.05) is 0 Å². The second kappa shape index (κ2) is 8.95. The minimum atomic E-state index is 0. The average Bonchev–Trinajstić information content (AvgIpc) is 2.62. The predicted octanol–water partition coefficient (Wildman–Crippen LogP) is 5.20. The van der Waals surface area contributed by atoms with Crippen molar-refractivity contribution < 1.29 is 24.7 Å². The first-order chi connectivity index (χ1) is 6.70. The van der Waals surface area contributed by atoms with Crippen molar-refractivity contribution in [2.24, 2.45) is 5.41 Å². The Bertz CT molecular complexity index is 253. The molecule has 0 aromatic heterocycles. The number of halogens is 2. The molecule has 0 saturated carbocycles. The molecule has 0 nitrogen and oxygen atoms in total. The summed E-state index contributed by atoms with van der Waals surface area (Å²) in [6.45, 7) is 7.01. The van der Waals surface area contributed by atoms with Crippen molar-refractivity contribution >= 4 is 24.8 Å². The maximum absolute atomic E-state index is 2.40. The van der Waals surface area contributed by atoms with Gasteiger partial charge in [0.1, 0.15) is 0 Å². The summed E-state index contributed by atoms with van der Waals surface area (Å²) in [6.07, 6.45) is 11.2. The molecule has 93 valence electrons. The molecule has 0 aromatic carbocycles. The average molecular weight is 341 g/mol. The molecule has 0 aliphatic heterocycles. The Hall–Kier alpha value is 0.943. The second-order valence-corrected chi connectivity index (χ2v) is 5.72. The van der Waals surface area contributed by atoms with Crippen LogP contribution in [0.3, 0.4) is 0 Å². The minimum Gasteiger partial charge on any atom is -0.147 e. The first kappa shape index (κ1) is 19.3. The quantitative estimate of drug-likeness (QED) is 0.645. The summed E-state index contributed by atoms with van der Waals surface area (Å²) < 4.78 is 1.69. The number of allylic oxidation sites excluding steroid dienone is 4. The summed E-state index contributed by atoms with van der Waals surface area (Å²) in [5.41, 5.74) is 2.18. The van der Waals surface area contributed by atoms with E-state index in [1.807, 2.05) is 0 Å². The largest absolute Gasteiger partial charge is 0.147 e. The van der Waals surface area contributed by atoms with Gasteiger partial charge in [-0.1, -0.05) is 0 Å². The van der Waals surface area contributed by atoms with E-state index >= 15 is 0 Å². The number of hydrogen-bond acceptors (Lipinski definition) is 0. The fourth-order valence-corrected chi connectivity index (χ4v) is 3.75. The zero-order chi connectivity index (χ0) is 10.6. The van der Waals surface area contributed by atoms with Crippen LogP contribution in [0.15, 0.2) is 21.0 Å². The van der Waals surface area contributed by atoms with Crippen molar-refractivity contribution in [2.45, 2.75) is 52.9 Å². The smallest absolute Gasteiger partial charge is 0.147 e. The molecular weight excluding hydrogens is 318 g/mol. The molecule has 0 amide bonds. The van der Waals surface area contributed by atoms with Gasteiger partial charge in [0.2, 0.25) is 0 Å². The molecule has 16 heavy (non-hydrogen) atoms. The fourth-order valence-electron chi connectivity index (χ4n) is 2.60. The Balaban J connectivity index is 0. The molecule has 1 rings (SSSR count). The van der Waals surface area contributed by atoms with Crippen LogP contribution >= 0.6 is 24.8 Å².